The summed E-state index contributed by atoms with van der Waals surface area (Å²) < 4.78 is 59.3. The number of fused-ring (bicyclic) bond motifs is 1. The molecule has 3 rings (SSSR count). The lowest BCUT2D eigenvalue weighted by molar-refractivity contribution is -0.146. The third kappa shape index (κ3) is 4.29. The summed E-state index contributed by atoms with van der Waals surface area (Å²) in [6, 6.07) is 4.02. The van der Waals surface area contributed by atoms with E-state index >= 15 is 0 Å². The Kier molecular flexibility index (Phi) is 5.97. The molecule has 9 heteroatoms. The molecule has 0 bridgehead atoms. The molecule has 1 aromatic carbocycles. The van der Waals surface area contributed by atoms with Gasteiger partial charge in [0.15, 0.2) is 0 Å². The predicted octanol–water partition coefficient (Wildman–Crippen LogP) is 3.48. The van der Waals surface area contributed by atoms with Crippen LogP contribution in [0.25, 0.3) is 0 Å². The first-order valence-corrected chi connectivity index (χ1v) is 8.76. The quantitative estimate of drug-likeness (QED) is 0.545. The Bertz CT molecular complexity index is 858. The minimum absolute atomic E-state index is 0.159. The third-order valence-corrected chi connectivity index (χ3v) is 4.97. The van der Waals surface area contributed by atoms with Gasteiger partial charge in [-0.1, -0.05) is 12.1 Å². The van der Waals surface area contributed by atoms with E-state index in [1.165, 1.54) is 26.5 Å². The average Bonchev–Trinajstić information content (AvgIpc) is 3.14. The van der Waals surface area contributed by atoms with Crippen LogP contribution in [0.3, 0.4) is 0 Å². The van der Waals surface area contributed by atoms with Gasteiger partial charge in [-0.15, -0.1) is 0 Å². The van der Waals surface area contributed by atoms with E-state index in [0.29, 0.717) is 17.6 Å². The lowest BCUT2D eigenvalue weighted by Gasteiger charge is -2.33. The van der Waals surface area contributed by atoms with Gasteiger partial charge in [-0.25, -0.2) is 9.59 Å². The molecule has 0 fully saturated rings. The van der Waals surface area contributed by atoms with E-state index in [1.807, 2.05) is 6.08 Å². The standard InChI is InChI=1S/C20H19F3O6/c1-26-18(25)15-10-29-19(27-2)16-12(6-7-14(15)16)9-28-17(24)11-4-3-5-13(8-11)20(21,22)23/h3-6,8,10,14,16,19H,7,9H2,1-2H3/t14-,16-,19-/m1/s1. The van der Waals surface area contributed by atoms with Gasteiger partial charge in [0.05, 0.1) is 36.0 Å². The first kappa shape index (κ1) is 20.9. The summed E-state index contributed by atoms with van der Waals surface area (Å²) in [4.78, 5) is 24.2. The second-order valence-electron chi connectivity index (χ2n) is 6.61. The molecule has 0 saturated heterocycles. The molecule has 0 radical (unpaired) electrons. The molecule has 0 amide bonds. The molecule has 1 aliphatic carbocycles. The van der Waals surface area contributed by atoms with Crippen molar-refractivity contribution in [3.05, 3.63) is 58.9 Å². The lowest BCUT2D eigenvalue weighted by Crippen LogP contribution is -2.37. The number of halogens is 3. The molecule has 2 aliphatic rings. The van der Waals surface area contributed by atoms with Crippen LogP contribution in [0.2, 0.25) is 0 Å². The van der Waals surface area contributed by atoms with Crippen LogP contribution >= 0.6 is 0 Å². The van der Waals surface area contributed by atoms with Crippen LogP contribution in [-0.4, -0.2) is 39.1 Å². The number of hydrogen-bond acceptors (Lipinski definition) is 6. The lowest BCUT2D eigenvalue weighted by atomic mass is 9.83. The number of methoxy groups -OCH3 is 2. The van der Waals surface area contributed by atoms with E-state index in [9.17, 15) is 22.8 Å². The van der Waals surface area contributed by atoms with Gasteiger partial charge in [0.1, 0.15) is 6.61 Å². The Hall–Kier alpha value is -2.81. The predicted molar refractivity (Wildman–Crippen MR) is 93.4 cm³/mol. The van der Waals surface area contributed by atoms with Gasteiger partial charge in [0.25, 0.3) is 0 Å². The van der Waals surface area contributed by atoms with Gasteiger partial charge < -0.3 is 18.9 Å². The molecule has 0 spiro atoms. The van der Waals surface area contributed by atoms with E-state index in [-0.39, 0.29) is 24.0 Å². The Balaban J connectivity index is 1.71. The number of rotatable bonds is 5. The molecule has 0 unspecified atom stereocenters. The van der Waals surface area contributed by atoms with E-state index in [4.69, 9.17) is 18.9 Å². The van der Waals surface area contributed by atoms with E-state index in [2.05, 4.69) is 0 Å². The molecule has 0 N–H and O–H groups in total. The van der Waals surface area contributed by atoms with Gasteiger partial charge in [0, 0.05) is 13.0 Å². The molecule has 0 aromatic heterocycles. The maximum Gasteiger partial charge on any atom is 0.416 e. The smallest absolute Gasteiger partial charge is 0.416 e. The fourth-order valence-corrected chi connectivity index (χ4v) is 3.55. The topological polar surface area (TPSA) is 71.1 Å². The van der Waals surface area contributed by atoms with Gasteiger partial charge in [-0.05, 0) is 30.2 Å². The summed E-state index contributed by atoms with van der Waals surface area (Å²) in [5.41, 5.74) is -0.119. The molecular weight excluding hydrogens is 393 g/mol. The highest BCUT2D eigenvalue weighted by Crippen LogP contribution is 2.43. The van der Waals surface area contributed by atoms with Gasteiger partial charge in [-0.2, -0.15) is 13.2 Å². The number of carbonyl (C=O) groups excluding carboxylic acids is 2. The molecule has 1 aliphatic heterocycles. The molecule has 0 saturated carbocycles. The number of alkyl halides is 3. The minimum atomic E-state index is -4.56. The van der Waals surface area contributed by atoms with Gasteiger partial charge >= 0.3 is 18.1 Å². The molecule has 1 aromatic rings. The Labute approximate surface area is 164 Å². The molecule has 29 heavy (non-hydrogen) atoms. The Morgan fingerprint density at radius 1 is 1.21 bits per heavy atom. The van der Waals surface area contributed by atoms with Crippen LogP contribution in [0.15, 0.2) is 47.7 Å². The van der Waals surface area contributed by atoms with Crippen molar-refractivity contribution in [2.75, 3.05) is 20.8 Å². The first-order chi connectivity index (χ1) is 13.8. The summed E-state index contributed by atoms with van der Waals surface area (Å²) in [7, 11) is 2.71. The highest BCUT2D eigenvalue weighted by Gasteiger charge is 2.44. The van der Waals surface area contributed by atoms with Crippen molar-refractivity contribution in [3.63, 3.8) is 0 Å². The second-order valence-corrected chi connectivity index (χ2v) is 6.61. The van der Waals surface area contributed by atoms with Gasteiger partial charge in [-0.3, -0.25) is 0 Å². The van der Waals surface area contributed by atoms with Crippen LogP contribution in [0.1, 0.15) is 22.3 Å². The van der Waals surface area contributed by atoms with Crippen molar-refractivity contribution in [1.82, 2.24) is 0 Å². The zero-order chi connectivity index (χ0) is 21.2. The number of carbonyl (C=O) groups is 2. The van der Waals surface area contributed by atoms with Crippen LogP contribution in [-0.2, 0) is 29.9 Å². The van der Waals surface area contributed by atoms with Crippen molar-refractivity contribution in [3.8, 4) is 0 Å². The third-order valence-electron chi connectivity index (χ3n) is 4.97. The van der Waals surface area contributed by atoms with Crippen LogP contribution < -0.4 is 0 Å². The van der Waals surface area contributed by atoms with E-state index < -0.39 is 30.0 Å². The Morgan fingerprint density at radius 3 is 2.62 bits per heavy atom. The molecule has 156 valence electrons. The largest absolute Gasteiger partial charge is 0.471 e. The number of allylic oxidation sites excluding steroid dienone is 1. The zero-order valence-corrected chi connectivity index (χ0v) is 15.7. The van der Waals surface area contributed by atoms with Crippen molar-refractivity contribution < 1.29 is 41.7 Å². The number of esters is 2. The van der Waals surface area contributed by atoms with Crippen molar-refractivity contribution in [2.45, 2.75) is 18.9 Å². The van der Waals surface area contributed by atoms with Crippen molar-refractivity contribution >= 4 is 11.9 Å². The highest BCUT2D eigenvalue weighted by molar-refractivity contribution is 5.90. The first-order valence-electron chi connectivity index (χ1n) is 8.76. The minimum Gasteiger partial charge on any atom is -0.471 e. The maximum atomic E-state index is 12.8. The molecular formula is C20H19F3O6. The van der Waals surface area contributed by atoms with Gasteiger partial charge in [0.2, 0.25) is 6.29 Å². The van der Waals surface area contributed by atoms with Crippen LogP contribution in [0.4, 0.5) is 13.2 Å². The summed E-state index contributed by atoms with van der Waals surface area (Å²) >= 11 is 0. The number of benzene rings is 1. The number of hydrogen-bond donors (Lipinski definition) is 0. The normalized spacial score (nSPS) is 23.4. The van der Waals surface area contributed by atoms with Crippen molar-refractivity contribution in [2.24, 2.45) is 11.8 Å². The zero-order valence-electron chi connectivity index (χ0n) is 15.7. The fraction of sp³-hybridized carbons (Fsp3) is 0.400. The highest BCUT2D eigenvalue weighted by atomic mass is 19.4. The monoisotopic (exact) mass is 412 g/mol. The molecule has 3 atom stereocenters. The summed E-state index contributed by atoms with van der Waals surface area (Å²) in [6.45, 7) is -0.159. The SMILES string of the molecule is COC(=O)C1=CO[C@@H](OC)[C@@H]2C(COC(=O)c3cccc(C(F)(F)F)c3)=CC[C@H]12. The van der Waals surface area contributed by atoms with E-state index in [1.54, 1.807) is 0 Å². The maximum absolute atomic E-state index is 12.8. The van der Waals surface area contributed by atoms with Crippen LogP contribution in [0.5, 0.6) is 0 Å². The molecule has 6 nitrogen and oxygen atoms in total. The van der Waals surface area contributed by atoms with E-state index in [0.717, 1.165) is 18.2 Å². The summed E-state index contributed by atoms with van der Waals surface area (Å²) in [5, 5.41) is 0. The average molecular weight is 412 g/mol. The molecule has 1 heterocycles. The second kappa shape index (κ2) is 8.28. The van der Waals surface area contributed by atoms with Crippen molar-refractivity contribution in [1.29, 1.82) is 0 Å². The Morgan fingerprint density at radius 2 is 1.97 bits per heavy atom. The number of ether oxygens (including phenoxy) is 4. The van der Waals surface area contributed by atoms with Crippen LogP contribution in [0, 0.1) is 11.8 Å². The summed E-state index contributed by atoms with van der Waals surface area (Å²) in [5.74, 6) is -2.04. The fourth-order valence-electron chi connectivity index (χ4n) is 3.55. The summed E-state index contributed by atoms with van der Waals surface area (Å²) in [6.07, 6.45) is -1.63.